The van der Waals surface area contributed by atoms with Gasteiger partial charge in [0.15, 0.2) is 5.78 Å². The van der Waals surface area contributed by atoms with E-state index in [0.29, 0.717) is 28.8 Å². The Balaban J connectivity index is 1.66. The smallest absolute Gasteiger partial charge is 0.274 e. The summed E-state index contributed by atoms with van der Waals surface area (Å²) in [6, 6.07) is 8.86. The van der Waals surface area contributed by atoms with Crippen LogP contribution in [0.4, 0.5) is 11.5 Å². The van der Waals surface area contributed by atoms with Crippen LogP contribution in [-0.4, -0.2) is 27.7 Å². The number of amides is 1. The van der Waals surface area contributed by atoms with E-state index in [9.17, 15) is 9.59 Å². The van der Waals surface area contributed by atoms with Crippen LogP contribution in [0.25, 0.3) is 0 Å². The third-order valence-electron chi connectivity index (χ3n) is 4.16. The number of carbonyl (C=O) groups is 2. The van der Waals surface area contributed by atoms with Crippen LogP contribution in [0, 0.1) is 0 Å². The second kappa shape index (κ2) is 7.21. The lowest BCUT2D eigenvalue weighted by Crippen LogP contribution is -2.18. The van der Waals surface area contributed by atoms with Gasteiger partial charge in [-0.1, -0.05) is 12.8 Å². The van der Waals surface area contributed by atoms with Crippen molar-refractivity contribution in [3.63, 3.8) is 0 Å². The SMILES string of the molecule is CC(=O)c1ccc(NC(=O)c2cc(NC3CCCC3)ncn2)cc1. The van der Waals surface area contributed by atoms with Gasteiger partial charge in [-0.2, -0.15) is 0 Å². The quantitative estimate of drug-likeness (QED) is 0.825. The Hall–Kier alpha value is -2.76. The van der Waals surface area contributed by atoms with Crippen LogP contribution in [0.5, 0.6) is 0 Å². The van der Waals surface area contributed by atoms with Crippen molar-refractivity contribution in [2.24, 2.45) is 0 Å². The predicted octanol–water partition coefficient (Wildman–Crippen LogP) is 3.29. The van der Waals surface area contributed by atoms with Gasteiger partial charge in [0.2, 0.25) is 0 Å². The highest BCUT2D eigenvalue weighted by Gasteiger charge is 2.16. The molecule has 0 saturated heterocycles. The third-order valence-corrected chi connectivity index (χ3v) is 4.16. The monoisotopic (exact) mass is 324 g/mol. The second-order valence-corrected chi connectivity index (χ2v) is 6.00. The third kappa shape index (κ3) is 3.95. The average Bonchev–Trinajstić information content (AvgIpc) is 3.08. The summed E-state index contributed by atoms with van der Waals surface area (Å²) in [6.45, 7) is 1.51. The molecule has 124 valence electrons. The first-order valence-electron chi connectivity index (χ1n) is 8.13. The summed E-state index contributed by atoms with van der Waals surface area (Å²) in [6.07, 6.45) is 6.12. The Morgan fingerprint density at radius 3 is 2.46 bits per heavy atom. The van der Waals surface area contributed by atoms with Crippen molar-refractivity contribution in [2.75, 3.05) is 10.6 Å². The molecule has 1 saturated carbocycles. The van der Waals surface area contributed by atoms with Crippen molar-refractivity contribution < 1.29 is 9.59 Å². The van der Waals surface area contributed by atoms with Gasteiger partial charge in [-0.25, -0.2) is 9.97 Å². The summed E-state index contributed by atoms with van der Waals surface area (Å²) < 4.78 is 0. The van der Waals surface area contributed by atoms with E-state index in [0.717, 1.165) is 12.8 Å². The molecule has 0 bridgehead atoms. The summed E-state index contributed by atoms with van der Waals surface area (Å²) >= 11 is 0. The Morgan fingerprint density at radius 2 is 1.79 bits per heavy atom. The van der Waals surface area contributed by atoms with E-state index < -0.39 is 0 Å². The van der Waals surface area contributed by atoms with Gasteiger partial charge in [0.1, 0.15) is 17.8 Å². The molecule has 6 heteroatoms. The molecule has 2 aromatic rings. The lowest BCUT2D eigenvalue weighted by molar-refractivity contribution is 0.101. The Kier molecular flexibility index (Phi) is 4.84. The number of Topliss-reactive ketones (excluding diaryl/α,β-unsaturated/α-hetero) is 1. The number of anilines is 2. The summed E-state index contributed by atoms with van der Waals surface area (Å²) in [5, 5.41) is 6.13. The molecule has 1 aliphatic carbocycles. The first-order chi connectivity index (χ1) is 11.6. The minimum Gasteiger partial charge on any atom is -0.367 e. The fraction of sp³-hybridized carbons (Fsp3) is 0.333. The number of hydrogen-bond acceptors (Lipinski definition) is 5. The summed E-state index contributed by atoms with van der Waals surface area (Å²) in [7, 11) is 0. The van der Waals surface area contributed by atoms with Gasteiger partial charge in [0, 0.05) is 23.4 Å². The zero-order valence-electron chi connectivity index (χ0n) is 13.6. The molecule has 3 rings (SSSR count). The van der Waals surface area contributed by atoms with Gasteiger partial charge in [-0.15, -0.1) is 0 Å². The molecule has 24 heavy (non-hydrogen) atoms. The molecule has 6 nitrogen and oxygen atoms in total. The van der Waals surface area contributed by atoms with Crippen molar-refractivity contribution in [1.29, 1.82) is 0 Å². The molecular formula is C18H20N4O2. The maximum atomic E-state index is 12.3. The molecule has 1 aliphatic rings. The summed E-state index contributed by atoms with van der Waals surface area (Å²) in [4.78, 5) is 31.8. The molecule has 1 amide bonds. The molecule has 1 fully saturated rings. The Labute approximate surface area is 140 Å². The van der Waals surface area contributed by atoms with Crippen molar-refractivity contribution in [1.82, 2.24) is 9.97 Å². The highest BCUT2D eigenvalue weighted by atomic mass is 16.2. The first-order valence-corrected chi connectivity index (χ1v) is 8.13. The molecule has 1 aromatic carbocycles. The number of aromatic nitrogens is 2. The van der Waals surface area contributed by atoms with E-state index >= 15 is 0 Å². The largest absolute Gasteiger partial charge is 0.367 e. The molecular weight excluding hydrogens is 304 g/mol. The normalized spacial score (nSPS) is 14.4. The number of benzene rings is 1. The molecule has 0 radical (unpaired) electrons. The average molecular weight is 324 g/mol. The van der Waals surface area contributed by atoms with E-state index in [1.54, 1.807) is 30.3 Å². The maximum absolute atomic E-state index is 12.3. The number of ketones is 1. The summed E-state index contributed by atoms with van der Waals surface area (Å²) in [5.41, 5.74) is 1.54. The molecule has 1 heterocycles. The number of carbonyl (C=O) groups excluding carboxylic acids is 2. The van der Waals surface area contributed by atoms with Gasteiger partial charge < -0.3 is 10.6 Å². The van der Waals surface area contributed by atoms with Crippen LogP contribution in [0.15, 0.2) is 36.7 Å². The van der Waals surface area contributed by atoms with Crippen molar-refractivity contribution >= 4 is 23.2 Å². The van der Waals surface area contributed by atoms with E-state index in [1.807, 2.05) is 0 Å². The highest BCUT2D eigenvalue weighted by Crippen LogP contribution is 2.21. The summed E-state index contributed by atoms with van der Waals surface area (Å²) in [5.74, 6) is 0.364. The van der Waals surface area contributed by atoms with Gasteiger partial charge >= 0.3 is 0 Å². The van der Waals surface area contributed by atoms with Crippen LogP contribution >= 0.6 is 0 Å². The van der Waals surface area contributed by atoms with Crippen molar-refractivity contribution in [3.8, 4) is 0 Å². The fourth-order valence-corrected chi connectivity index (χ4v) is 2.82. The van der Waals surface area contributed by atoms with E-state index in [-0.39, 0.29) is 11.7 Å². The zero-order chi connectivity index (χ0) is 16.9. The Bertz CT molecular complexity index is 737. The molecule has 0 spiro atoms. The molecule has 1 aromatic heterocycles. The van der Waals surface area contributed by atoms with Gasteiger partial charge in [0.05, 0.1) is 0 Å². The number of nitrogens with one attached hydrogen (secondary N) is 2. The van der Waals surface area contributed by atoms with Gasteiger partial charge in [0.25, 0.3) is 5.91 Å². The van der Waals surface area contributed by atoms with Crippen LogP contribution in [0.3, 0.4) is 0 Å². The van der Waals surface area contributed by atoms with Crippen LogP contribution in [0.2, 0.25) is 0 Å². The number of hydrogen-bond donors (Lipinski definition) is 2. The topological polar surface area (TPSA) is 84.0 Å². The molecule has 0 unspecified atom stereocenters. The van der Waals surface area contributed by atoms with E-state index in [1.165, 1.54) is 26.1 Å². The second-order valence-electron chi connectivity index (χ2n) is 6.00. The highest BCUT2D eigenvalue weighted by molar-refractivity contribution is 6.03. The lowest BCUT2D eigenvalue weighted by Gasteiger charge is -2.12. The van der Waals surface area contributed by atoms with Crippen molar-refractivity contribution in [3.05, 3.63) is 47.9 Å². The van der Waals surface area contributed by atoms with E-state index in [2.05, 4.69) is 20.6 Å². The van der Waals surface area contributed by atoms with Gasteiger partial charge in [-0.3, -0.25) is 9.59 Å². The predicted molar refractivity (Wildman–Crippen MR) is 92.3 cm³/mol. The minimum absolute atomic E-state index is 0.00805. The molecule has 0 atom stereocenters. The van der Waals surface area contributed by atoms with Crippen LogP contribution in [0.1, 0.15) is 53.5 Å². The zero-order valence-corrected chi connectivity index (χ0v) is 13.6. The minimum atomic E-state index is -0.303. The van der Waals surface area contributed by atoms with Gasteiger partial charge in [-0.05, 0) is 44.0 Å². The lowest BCUT2D eigenvalue weighted by atomic mass is 10.1. The van der Waals surface area contributed by atoms with E-state index in [4.69, 9.17) is 0 Å². The van der Waals surface area contributed by atoms with Crippen LogP contribution in [-0.2, 0) is 0 Å². The standard InChI is InChI=1S/C18H20N4O2/c1-12(23)13-6-8-15(9-7-13)22-18(24)16-10-17(20-11-19-16)21-14-4-2-3-5-14/h6-11,14H,2-5H2,1H3,(H,22,24)(H,19,20,21). The molecule has 2 N–H and O–H groups in total. The maximum Gasteiger partial charge on any atom is 0.274 e. The number of rotatable bonds is 5. The Morgan fingerprint density at radius 1 is 1.08 bits per heavy atom. The first kappa shape index (κ1) is 16.1. The number of nitrogens with zero attached hydrogens (tertiary/aromatic N) is 2. The fourth-order valence-electron chi connectivity index (χ4n) is 2.82. The van der Waals surface area contributed by atoms with Crippen LogP contribution < -0.4 is 10.6 Å². The molecule has 0 aliphatic heterocycles. The van der Waals surface area contributed by atoms with Crippen molar-refractivity contribution in [2.45, 2.75) is 38.6 Å².